The lowest BCUT2D eigenvalue weighted by atomic mass is 9.53. The van der Waals surface area contributed by atoms with Gasteiger partial charge in [0.05, 0.1) is 6.54 Å². The quantitative estimate of drug-likeness (QED) is 0.762. The number of halogens is 1. The first-order chi connectivity index (χ1) is 13.5. The Morgan fingerprint density at radius 1 is 1.14 bits per heavy atom. The van der Waals surface area contributed by atoms with Gasteiger partial charge in [-0.05, 0) is 80.9 Å². The second-order valence-corrected chi connectivity index (χ2v) is 9.67. The molecule has 2 amide bonds. The van der Waals surface area contributed by atoms with E-state index in [1.165, 1.54) is 19.3 Å². The van der Waals surface area contributed by atoms with Crippen LogP contribution in [0.1, 0.15) is 49.8 Å². The van der Waals surface area contributed by atoms with Gasteiger partial charge in [-0.2, -0.15) is 5.10 Å². The van der Waals surface area contributed by atoms with E-state index in [4.69, 9.17) is 11.6 Å². The number of hydrogen-bond acceptors (Lipinski definition) is 2. The smallest absolute Gasteiger partial charge is 0.320 e. The Morgan fingerprint density at radius 2 is 1.75 bits per heavy atom. The molecule has 2 N–H and O–H groups in total. The van der Waals surface area contributed by atoms with Crippen molar-refractivity contribution < 1.29 is 4.79 Å². The SMILES string of the molecule is Cc1cc(NC(=O)NC23CC4CC(CC(C4)C2)C3)nn1Cc1ccc(Cl)cc1. The van der Waals surface area contributed by atoms with Crippen molar-refractivity contribution in [3.8, 4) is 0 Å². The molecule has 4 saturated carbocycles. The molecule has 28 heavy (non-hydrogen) atoms. The van der Waals surface area contributed by atoms with Gasteiger partial charge in [-0.25, -0.2) is 4.79 Å². The Bertz CT molecular complexity index is 853. The van der Waals surface area contributed by atoms with Crippen molar-refractivity contribution in [2.75, 3.05) is 5.32 Å². The normalized spacial score (nSPS) is 30.4. The minimum absolute atomic E-state index is 0.0136. The number of nitrogens with zero attached hydrogens (tertiary/aromatic N) is 2. The first-order valence-electron chi connectivity index (χ1n) is 10.3. The van der Waals surface area contributed by atoms with Crippen molar-refractivity contribution in [3.63, 3.8) is 0 Å². The molecule has 0 spiro atoms. The molecule has 0 unspecified atom stereocenters. The van der Waals surface area contributed by atoms with Crippen LogP contribution in [0.4, 0.5) is 10.6 Å². The van der Waals surface area contributed by atoms with Gasteiger partial charge >= 0.3 is 6.03 Å². The first kappa shape index (κ1) is 18.0. The third kappa shape index (κ3) is 3.52. The molecule has 148 valence electrons. The van der Waals surface area contributed by atoms with Crippen LogP contribution in [0.25, 0.3) is 0 Å². The molecule has 5 nitrogen and oxygen atoms in total. The van der Waals surface area contributed by atoms with Gasteiger partial charge in [0.15, 0.2) is 5.82 Å². The Morgan fingerprint density at radius 3 is 2.36 bits per heavy atom. The zero-order chi connectivity index (χ0) is 19.3. The maximum absolute atomic E-state index is 12.7. The standard InChI is InChI=1S/C22H27ClN4O/c1-14-6-20(26-27(14)13-15-2-4-19(23)5-3-15)24-21(28)25-22-10-16-7-17(11-22)9-18(8-16)12-22/h2-6,16-18H,7-13H2,1H3,(H2,24,25,26,28). The summed E-state index contributed by atoms with van der Waals surface area (Å²) in [5.74, 6) is 3.04. The maximum Gasteiger partial charge on any atom is 0.320 e. The number of urea groups is 1. The maximum atomic E-state index is 12.7. The summed E-state index contributed by atoms with van der Waals surface area (Å²) in [5, 5.41) is 11.6. The van der Waals surface area contributed by atoms with Crippen molar-refractivity contribution in [1.82, 2.24) is 15.1 Å². The van der Waals surface area contributed by atoms with Crippen LogP contribution < -0.4 is 10.6 Å². The first-order valence-corrected chi connectivity index (χ1v) is 10.7. The van der Waals surface area contributed by atoms with Crippen molar-refractivity contribution in [2.45, 2.75) is 57.5 Å². The van der Waals surface area contributed by atoms with E-state index in [1.54, 1.807) is 0 Å². The number of rotatable bonds is 4. The number of benzene rings is 1. The minimum atomic E-state index is -0.113. The van der Waals surface area contributed by atoms with E-state index >= 15 is 0 Å². The third-order valence-electron chi connectivity index (χ3n) is 6.89. The summed E-state index contributed by atoms with van der Waals surface area (Å²) in [5.41, 5.74) is 2.15. The lowest BCUT2D eigenvalue weighted by Gasteiger charge is -2.56. The topological polar surface area (TPSA) is 59.0 Å². The highest BCUT2D eigenvalue weighted by molar-refractivity contribution is 6.30. The molecule has 0 saturated heterocycles. The van der Waals surface area contributed by atoms with Crippen molar-refractivity contribution in [1.29, 1.82) is 0 Å². The Balaban J connectivity index is 1.24. The summed E-state index contributed by atoms with van der Waals surface area (Å²) in [7, 11) is 0. The van der Waals surface area contributed by atoms with E-state index in [0.717, 1.165) is 53.3 Å². The molecule has 0 atom stereocenters. The molecule has 1 heterocycles. The highest BCUT2D eigenvalue weighted by Gasteiger charge is 2.51. The molecule has 2 aromatic rings. The van der Waals surface area contributed by atoms with Crippen LogP contribution in [0.5, 0.6) is 0 Å². The average molecular weight is 399 g/mol. The summed E-state index contributed by atoms with van der Waals surface area (Å²) in [6, 6.07) is 9.57. The van der Waals surface area contributed by atoms with Crippen molar-refractivity contribution >= 4 is 23.4 Å². The predicted molar refractivity (Wildman–Crippen MR) is 111 cm³/mol. The van der Waals surface area contributed by atoms with Gasteiger partial charge in [0, 0.05) is 22.3 Å². The predicted octanol–water partition coefficient (Wildman–Crippen LogP) is 4.98. The fourth-order valence-corrected chi connectivity index (χ4v) is 6.27. The van der Waals surface area contributed by atoms with Crippen molar-refractivity contribution in [3.05, 3.63) is 46.6 Å². The number of nitrogens with one attached hydrogen (secondary N) is 2. The molecule has 4 aliphatic carbocycles. The zero-order valence-electron chi connectivity index (χ0n) is 16.2. The van der Waals surface area contributed by atoms with Crippen LogP contribution in [0, 0.1) is 24.7 Å². The third-order valence-corrected chi connectivity index (χ3v) is 7.14. The number of carbonyl (C=O) groups is 1. The summed E-state index contributed by atoms with van der Waals surface area (Å²) in [4.78, 5) is 12.7. The van der Waals surface area contributed by atoms with Crippen LogP contribution in [0.15, 0.2) is 30.3 Å². The van der Waals surface area contributed by atoms with Crippen LogP contribution >= 0.6 is 11.6 Å². The summed E-state index contributed by atoms with van der Waals surface area (Å²) < 4.78 is 1.91. The Kier molecular flexibility index (Phi) is 4.38. The molecule has 4 aliphatic rings. The number of aromatic nitrogens is 2. The molecule has 1 aromatic carbocycles. The van der Waals surface area contributed by atoms with Gasteiger partial charge in [0.2, 0.25) is 0 Å². The molecule has 6 rings (SSSR count). The van der Waals surface area contributed by atoms with Gasteiger partial charge in [-0.3, -0.25) is 10.00 Å². The minimum Gasteiger partial charge on any atom is -0.332 e. The average Bonchev–Trinajstić information content (AvgIpc) is 2.94. The second kappa shape index (κ2) is 6.80. The van der Waals surface area contributed by atoms with E-state index in [2.05, 4.69) is 15.7 Å². The molecule has 6 heteroatoms. The van der Waals surface area contributed by atoms with E-state index in [0.29, 0.717) is 12.4 Å². The Labute approximate surface area is 170 Å². The molecule has 0 radical (unpaired) electrons. The largest absolute Gasteiger partial charge is 0.332 e. The van der Waals surface area contributed by atoms with Crippen molar-refractivity contribution in [2.24, 2.45) is 17.8 Å². The van der Waals surface area contributed by atoms with E-state index in [-0.39, 0.29) is 11.6 Å². The fraction of sp³-hybridized carbons (Fsp3) is 0.545. The number of anilines is 1. The highest BCUT2D eigenvalue weighted by Crippen LogP contribution is 2.55. The number of hydrogen-bond donors (Lipinski definition) is 2. The van der Waals surface area contributed by atoms with Gasteiger partial charge in [0.25, 0.3) is 0 Å². The molecule has 4 bridgehead atoms. The number of aryl methyl sites for hydroxylation is 1. The van der Waals surface area contributed by atoms with Crippen LogP contribution in [0.3, 0.4) is 0 Å². The van der Waals surface area contributed by atoms with E-state index in [1.807, 2.05) is 41.9 Å². The zero-order valence-corrected chi connectivity index (χ0v) is 17.0. The van der Waals surface area contributed by atoms with Gasteiger partial charge in [-0.1, -0.05) is 23.7 Å². The molecular weight excluding hydrogens is 372 g/mol. The van der Waals surface area contributed by atoms with Crippen LogP contribution in [-0.2, 0) is 6.54 Å². The second-order valence-electron chi connectivity index (χ2n) is 9.23. The van der Waals surface area contributed by atoms with E-state index < -0.39 is 0 Å². The number of amides is 2. The Hall–Kier alpha value is -2.01. The molecule has 0 aliphatic heterocycles. The fourth-order valence-electron chi connectivity index (χ4n) is 6.15. The summed E-state index contributed by atoms with van der Waals surface area (Å²) in [6.45, 7) is 2.66. The number of carbonyl (C=O) groups excluding carboxylic acids is 1. The van der Waals surface area contributed by atoms with Gasteiger partial charge in [0.1, 0.15) is 0 Å². The monoisotopic (exact) mass is 398 g/mol. The lowest BCUT2D eigenvalue weighted by molar-refractivity contribution is -0.0127. The molecule has 4 fully saturated rings. The van der Waals surface area contributed by atoms with E-state index in [9.17, 15) is 4.79 Å². The molecule has 1 aromatic heterocycles. The van der Waals surface area contributed by atoms with Gasteiger partial charge in [-0.15, -0.1) is 0 Å². The summed E-state index contributed by atoms with van der Waals surface area (Å²) in [6.07, 6.45) is 7.56. The molecular formula is C22H27ClN4O. The van der Waals surface area contributed by atoms with Gasteiger partial charge < -0.3 is 5.32 Å². The lowest BCUT2D eigenvalue weighted by Crippen LogP contribution is -2.60. The summed E-state index contributed by atoms with van der Waals surface area (Å²) >= 11 is 5.96. The van der Waals surface area contributed by atoms with Crippen LogP contribution in [0.2, 0.25) is 5.02 Å². The highest BCUT2D eigenvalue weighted by atomic mass is 35.5. The van der Waals surface area contributed by atoms with Crippen LogP contribution in [-0.4, -0.2) is 21.4 Å².